The second kappa shape index (κ2) is 6.14. The lowest BCUT2D eigenvalue weighted by Gasteiger charge is -2.26. The number of fused-ring (bicyclic) bond motifs is 1. The van der Waals surface area contributed by atoms with Crippen LogP contribution in [0.2, 0.25) is 0 Å². The van der Waals surface area contributed by atoms with Gasteiger partial charge < -0.3 is 10.7 Å². The SMILES string of the molecule is Nc1nc2c(c(=O)[nH]1)CN(Cc1ncc(-c3ccc(F)cc3)[nH]1)CC2. The predicted molar refractivity (Wildman–Crippen MR) is 91.1 cm³/mol. The number of nitrogens with one attached hydrogen (secondary N) is 2. The Morgan fingerprint density at radius 2 is 2.04 bits per heavy atom. The van der Waals surface area contributed by atoms with Crippen LogP contribution in [0, 0.1) is 5.82 Å². The van der Waals surface area contributed by atoms with Crippen molar-refractivity contribution >= 4 is 5.95 Å². The molecule has 3 heterocycles. The lowest BCUT2D eigenvalue weighted by atomic mass is 10.1. The van der Waals surface area contributed by atoms with Crippen molar-refractivity contribution < 1.29 is 4.39 Å². The molecule has 4 N–H and O–H groups in total. The molecule has 2 aromatic heterocycles. The van der Waals surface area contributed by atoms with Crippen LogP contribution in [-0.2, 0) is 19.5 Å². The zero-order chi connectivity index (χ0) is 17.4. The molecule has 0 bridgehead atoms. The fraction of sp³-hybridized carbons (Fsp3) is 0.235. The normalized spacial score (nSPS) is 14.4. The van der Waals surface area contributed by atoms with Gasteiger partial charge in [-0.25, -0.2) is 14.4 Å². The molecular weight excluding hydrogens is 323 g/mol. The predicted octanol–water partition coefficient (Wildman–Crippen LogP) is 1.44. The highest BCUT2D eigenvalue weighted by Gasteiger charge is 2.21. The number of H-pyrrole nitrogens is 2. The Labute approximate surface area is 142 Å². The molecule has 1 aliphatic rings. The first-order chi connectivity index (χ1) is 12.1. The molecule has 0 unspecified atom stereocenters. The van der Waals surface area contributed by atoms with E-state index in [4.69, 9.17) is 5.73 Å². The van der Waals surface area contributed by atoms with Crippen molar-refractivity contribution in [1.29, 1.82) is 0 Å². The van der Waals surface area contributed by atoms with Gasteiger partial charge in [-0.3, -0.25) is 14.7 Å². The van der Waals surface area contributed by atoms with Crippen LogP contribution in [0.5, 0.6) is 0 Å². The third-order valence-corrected chi connectivity index (χ3v) is 4.32. The summed E-state index contributed by atoms with van der Waals surface area (Å²) in [6.45, 7) is 1.87. The van der Waals surface area contributed by atoms with Crippen molar-refractivity contribution in [3.63, 3.8) is 0 Å². The molecule has 0 amide bonds. The number of nitrogen functional groups attached to an aromatic ring is 1. The van der Waals surface area contributed by atoms with E-state index in [1.165, 1.54) is 12.1 Å². The maximum Gasteiger partial charge on any atom is 0.257 e. The first kappa shape index (κ1) is 15.5. The van der Waals surface area contributed by atoms with Gasteiger partial charge in [-0.15, -0.1) is 0 Å². The molecule has 25 heavy (non-hydrogen) atoms. The minimum atomic E-state index is -0.269. The number of nitrogens with two attached hydrogens (primary N) is 1. The van der Waals surface area contributed by atoms with Crippen molar-refractivity contribution in [2.75, 3.05) is 12.3 Å². The highest BCUT2D eigenvalue weighted by Crippen LogP contribution is 2.19. The van der Waals surface area contributed by atoms with E-state index in [0.29, 0.717) is 25.1 Å². The second-order valence-corrected chi connectivity index (χ2v) is 6.09. The van der Waals surface area contributed by atoms with Crippen LogP contribution in [0.25, 0.3) is 11.3 Å². The van der Waals surface area contributed by atoms with E-state index in [0.717, 1.165) is 29.3 Å². The van der Waals surface area contributed by atoms with E-state index >= 15 is 0 Å². The minimum absolute atomic E-state index is 0.159. The summed E-state index contributed by atoms with van der Waals surface area (Å²) in [5, 5.41) is 0. The number of halogens is 1. The van der Waals surface area contributed by atoms with E-state index in [1.54, 1.807) is 18.3 Å². The maximum absolute atomic E-state index is 13.0. The summed E-state index contributed by atoms with van der Waals surface area (Å²) in [5.41, 5.74) is 8.54. The van der Waals surface area contributed by atoms with Crippen molar-refractivity contribution in [3.8, 4) is 11.3 Å². The summed E-state index contributed by atoms with van der Waals surface area (Å²) in [6.07, 6.45) is 2.41. The van der Waals surface area contributed by atoms with Crippen LogP contribution in [0.15, 0.2) is 35.3 Å². The molecule has 0 saturated heterocycles. The first-order valence-electron chi connectivity index (χ1n) is 7.98. The van der Waals surface area contributed by atoms with Crippen molar-refractivity contribution in [1.82, 2.24) is 24.8 Å². The van der Waals surface area contributed by atoms with Gasteiger partial charge in [0.05, 0.1) is 29.7 Å². The zero-order valence-corrected chi connectivity index (χ0v) is 13.4. The molecule has 128 valence electrons. The van der Waals surface area contributed by atoms with E-state index in [9.17, 15) is 9.18 Å². The Hall–Kier alpha value is -3.00. The smallest absolute Gasteiger partial charge is 0.257 e. The lowest BCUT2D eigenvalue weighted by molar-refractivity contribution is 0.236. The summed E-state index contributed by atoms with van der Waals surface area (Å²) in [4.78, 5) is 28.6. The maximum atomic E-state index is 13.0. The Kier molecular flexibility index (Phi) is 3.81. The molecule has 3 aromatic rings. The molecule has 7 nitrogen and oxygen atoms in total. The van der Waals surface area contributed by atoms with Crippen molar-refractivity contribution in [2.45, 2.75) is 19.5 Å². The largest absolute Gasteiger partial charge is 0.369 e. The molecule has 8 heteroatoms. The summed E-state index contributed by atoms with van der Waals surface area (Å²) in [6, 6.07) is 6.25. The number of aromatic nitrogens is 4. The number of rotatable bonds is 3. The minimum Gasteiger partial charge on any atom is -0.369 e. The molecule has 1 aromatic carbocycles. The van der Waals surface area contributed by atoms with Crippen LogP contribution in [0.1, 0.15) is 17.1 Å². The van der Waals surface area contributed by atoms with Gasteiger partial charge >= 0.3 is 0 Å². The van der Waals surface area contributed by atoms with E-state index < -0.39 is 0 Å². The molecule has 0 spiro atoms. The summed E-state index contributed by atoms with van der Waals surface area (Å²) >= 11 is 0. The molecule has 0 saturated carbocycles. The van der Waals surface area contributed by atoms with Gasteiger partial charge in [0.1, 0.15) is 11.6 Å². The molecular formula is C17H17FN6O. The Balaban J connectivity index is 1.50. The molecule has 4 rings (SSSR count). The van der Waals surface area contributed by atoms with Crippen molar-refractivity contribution in [3.05, 3.63) is 63.7 Å². The van der Waals surface area contributed by atoms with Crippen molar-refractivity contribution in [2.24, 2.45) is 0 Å². The third-order valence-electron chi connectivity index (χ3n) is 4.32. The quantitative estimate of drug-likeness (QED) is 0.669. The van der Waals surface area contributed by atoms with E-state index in [1.807, 2.05) is 0 Å². The van der Waals surface area contributed by atoms with Gasteiger partial charge in [-0.05, 0) is 29.8 Å². The van der Waals surface area contributed by atoms with Crippen LogP contribution < -0.4 is 11.3 Å². The van der Waals surface area contributed by atoms with Gasteiger partial charge in [0, 0.05) is 19.5 Å². The Bertz CT molecular complexity index is 962. The zero-order valence-electron chi connectivity index (χ0n) is 13.4. The standard InChI is InChI=1S/C17H17FN6O/c18-11-3-1-10(2-4-11)14-7-20-15(21-14)9-24-6-5-13-12(8-24)16(25)23-17(19)22-13/h1-4,7H,5-6,8-9H2,(H,20,21)(H3,19,22,23,25). The molecule has 1 aliphatic heterocycles. The molecule has 0 aliphatic carbocycles. The van der Waals surface area contributed by atoms with E-state index in [-0.39, 0.29) is 17.3 Å². The second-order valence-electron chi connectivity index (χ2n) is 6.09. The fourth-order valence-electron chi connectivity index (χ4n) is 3.07. The average Bonchev–Trinajstić information content (AvgIpc) is 3.04. The van der Waals surface area contributed by atoms with Crippen LogP contribution in [-0.4, -0.2) is 31.4 Å². The highest BCUT2D eigenvalue weighted by molar-refractivity contribution is 5.58. The number of anilines is 1. The van der Waals surface area contributed by atoms with Gasteiger partial charge in [-0.1, -0.05) is 0 Å². The summed E-state index contributed by atoms with van der Waals surface area (Å²) < 4.78 is 13.0. The molecule has 0 atom stereocenters. The Morgan fingerprint density at radius 3 is 2.84 bits per heavy atom. The monoisotopic (exact) mass is 340 g/mol. The lowest BCUT2D eigenvalue weighted by Crippen LogP contribution is -2.35. The van der Waals surface area contributed by atoms with Crippen LogP contribution in [0.4, 0.5) is 10.3 Å². The molecule has 0 fully saturated rings. The van der Waals surface area contributed by atoms with Gasteiger partial charge in [0.25, 0.3) is 5.56 Å². The summed E-state index contributed by atoms with van der Waals surface area (Å²) in [5.74, 6) is 0.685. The number of hydrogen-bond acceptors (Lipinski definition) is 5. The van der Waals surface area contributed by atoms with Gasteiger partial charge in [0.15, 0.2) is 0 Å². The fourth-order valence-corrected chi connectivity index (χ4v) is 3.07. The summed E-state index contributed by atoms with van der Waals surface area (Å²) in [7, 11) is 0. The number of nitrogens with zero attached hydrogens (tertiary/aromatic N) is 3. The van der Waals surface area contributed by atoms with E-state index in [2.05, 4.69) is 24.8 Å². The van der Waals surface area contributed by atoms with Crippen LogP contribution in [0.3, 0.4) is 0 Å². The molecule has 0 radical (unpaired) electrons. The van der Waals surface area contributed by atoms with Gasteiger partial charge in [0.2, 0.25) is 5.95 Å². The first-order valence-corrected chi connectivity index (χ1v) is 7.98. The number of benzene rings is 1. The highest BCUT2D eigenvalue weighted by atomic mass is 19.1. The number of hydrogen-bond donors (Lipinski definition) is 3. The topological polar surface area (TPSA) is 104 Å². The Morgan fingerprint density at radius 1 is 1.24 bits per heavy atom. The number of aromatic amines is 2. The number of imidazole rings is 1. The average molecular weight is 340 g/mol. The van der Waals surface area contributed by atoms with Gasteiger partial charge in [-0.2, -0.15) is 0 Å². The third kappa shape index (κ3) is 3.16. The van der Waals surface area contributed by atoms with Crippen LogP contribution >= 0.6 is 0 Å².